The van der Waals surface area contributed by atoms with Crippen molar-refractivity contribution in [2.45, 2.75) is 18.9 Å². The average Bonchev–Trinajstić information content (AvgIpc) is 2.85. The van der Waals surface area contributed by atoms with Crippen LogP contribution in [0.3, 0.4) is 0 Å². The van der Waals surface area contributed by atoms with Gasteiger partial charge in [0.25, 0.3) is 0 Å². The fourth-order valence-corrected chi connectivity index (χ4v) is 2.61. The highest BCUT2D eigenvalue weighted by Crippen LogP contribution is 2.19. The molecule has 1 aromatic carbocycles. The molecule has 92 valence electrons. The number of likely N-dealkylation sites (N-methyl/N-ethyl adjacent to an activating group) is 1. The Bertz CT molecular complexity index is 527. The van der Waals surface area contributed by atoms with Gasteiger partial charge >= 0.3 is 0 Å². The van der Waals surface area contributed by atoms with E-state index in [1.165, 1.54) is 5.56 Å². The average molecular weight is 257 g/mol. The Kier molecular flexibility index (Phi) is 4.46. The highest BCUT2D eigenvalue weighted by molar-refractivity contribution is 7.09. The number of aromatic nitrogens is 1. The fraction of sp³-hybridized carbons (Fsp3) is 0.286. The molecule has 1 unspecified atom stereocenters. The Balaban J connectivity index is 2.08. The molecule has 0 spiro atoms. The molecule has 4 heteroatoms. The third-order valence-corrected chi connectivity index (χ3v) is 3.69. The SMILES string of the molecule is CNC(Cc1csc(CC#N)n1)c1ccccc1. The van der Waals surface area contributed by atoms with Gasteiger partial charge < -0.3 is 5.32 Å². The van der Waals surface area contributed by atoms with Gasteiger partial charge in [-0.25, -0.2) is 4.98 Å². The predicted molar refractivity (Wildman–Crippen MR) is 73.4 cm³/mol. The van der Waals surface area contributed by atoms with Gasteiger partial charge in [-0.3, -0.25) is 0 Å². The summed E-state index contributed by atoms with van der Waals surface area (Å²) in [5.41, 5.74) is 2.31. The fourth-order valence-electron chi connectivity index (χ4n) is 1.87. The summed E-state index contributed by atoms with van der Waals surface area (Å²) in [5.74, 6) is 0. The lowest BCUT2D eigenvalue weighted by Gasteiger charge is -2.15. The quantitative estimate of drug-likeness (QED) is 0.896. The van der Waals surface area contributed by atoms with E-state index >= 15 is 0 Å². The molecule has 0 radical (unpaired) electrons. The van der Waals surface area contributed by atoms with E-state index in [0.29, 0.717) is 6.42 Å². The maximum atomic E-state index is 8.64. The first-order chi connectivity index (χ1) is 8.83. The molecule has 0 saturated heterocycles. The summed E-state index contributed by atoms with van der Waals surface area (Å²) in [7, 11) is 1.96. The van der Waals surface area contributed by atoms with Crippen molar-refractivity contribution >= 4 is 11.3 Å². The maximum Gasteiger partial charge on any atom is 0.107 e. The van der Waals surface area contributed by atoms with Gasteiger partial charge in [0.15, 0.2) is 0 Å². The lowest BCUT2D eigenvalue weighted by Crippen LogP contribution is -2.18. The molecular weight excluding hydrogens is 242 g/mol. The van der Waals surface area contributed by atoms with E-state index in [0.717, 1.165) is 17.1 Å². The number of nitriles is 1. The normalized spacial score (nSPS) is 12.0. The smallest absolute Gasteiger partial charge is 0.107 e. The Hall–Kier alpha value is -1.70. The molecule has 1 N–H and O–H groups in total. The Labute approximate surface area is 111 Å². The van der Waals surface area contributed by atoms with Crippen LogP contribution in [0.1, 0.15) is 22.3 Å². The number of thiazole rings is 1. The summed E-state index contributed by atoms with van der Waals surface area (Å²) in [6.45, 7) is 0. The summed E-state index contributed by atoms with van der Waals surface area (Å²) >= 11 is 1.56. The van der Waals surface area contributed by atoms with Crippen LogP contribution in [0, 0.1) is 11.3 Å². The van der Waals surface area contributed by atoms with Crippen molar-refractivity contribution in [2.75, 3.05) is 7.05 Å². The molecule has 1 heterocycles. The highest BCUT2D eigenvalue weighted by Gasteiger charge is 2.11. The van der Waals surface area contributed by atoms with E-state index in [1.807, 2.05) is 30.6 Å². The Morgan fingerprint density at radius 2 is 2.17 bits per heavy atom. The van der Waals surface area contributed by atoms with Crippen LogP contribution in [-0.2, 0) is 12.8 Å². The minimum Gasteiger partial charge on any atom is -0.313 e. The van der Waals surface area contributed by atoms with Gasteiger partial charge in [0, 0.05) is 17.8 Å². The summed E-state index contributed by atoms with van der Waals surface area (Å²) in [6, 6.07) is 12.7. The number of nitrogens with zero attached hydrogens (tertiary/aromatic N) is 2. The van der Waals surface area contributed by atoms with Gasteiger partial charge in [-0.15, -0.1) is 11.3 Å². The van der Waals surface area contributed by atoms with E-state index in [2.05, 4.69) is 28.5 Å². The second-order valence-electron chi connectivity index (χ2n) is 4.02. The van der Waals surface area contributed by atoms with Crippen LogP contribution in [0.5, 0.6) is 0 Å². The van der Waals surface area contributed by atoms with Gasteiger partial charge in [0.1, 0.15) is 5.01 Å². The van der Waals surface area contributed by atoms with E-state index in [-0.39, 0.29) is 6.04 Å². The maximum absolute atomic E-state index is 8.64. The monoisotopic (exact) mass is 257 g/mol. The van der Waals surface area contributed by atoms with E-state index < -0.39 is 0 Å². The van der Waals surface area contributed by atoms with Crippen molar-refractivity contribution in [1.82, 2.24) is 10.3 Å². The molecule has 0 saturated carbocycles. The zero-order chi connectivity index (χ0) is 12.8. The number of rotatable bonds is 5. The van der Waals surface area contributed by atoms with E-state index in [1.54, 1.807) is 11.3 Å². The Morgan fingerprint density at radius 3 is 2.83 bits per heavy atom. The molecule has 2 rings (SSSR count). The van der Waals surface area contributed by atoms with E-state index in [4.69, 9.17) is 5.26 Å². The third kappa shape index (κ3) is 3.16. The van der Waals surface area contributed by atoms with Crippen molar-refractivity contribution in [1.29, 1.82) is 5.26 Å². The molecule has 0 aliphatic heterocycles. The van der Waals surface area contributed by atoms with Gasteiger partial charge in [0.2, 0.25) is 0 Å². The zero-order valence-corrected chi connectivity index (χ0v) is 11.1. The van der Waals surface area contributed by atoms with E-state index in [9.17, 15) is 0 Å². The zero-order valence-electron chi connectivity index (χ0n) is 10.3. The van der Waals surface area contributed by atoms with Crippen LogP contribution >= 0.6 is 11.3 Å². The summed E-state index contributed by atoms with van der Waals surface area (Å²) in [6.07, 6.45) is 1.25. The molecule has 2 aromatic rings. The molecule has 1 aromatic heterocycles. The largest absolute Gasteiger partial charge is 0.313 e. The lowest BCUT2D eigenvalue weighted by molar-refractivity contribution is 0.585. The van der Waals surface area contributed by atoms with Crippen LogP contribution < -0.4 is 5.32 Å². The molecule has 0 amide bonds. The van der Waals surface area contributed by atoms with Gasteiger partial charge in [-0.2, -0.15) is 5.26 Å². The number of nitrogens with one attached hydrogen (secondary N) is 1. The molecule has 0 aliphatic rings. The molecule has 3 nitrogen and oxygen atoms in total. The summed E-state index contributed by atoms with van der Waals surface area (Å²) < 4.78 is 0. The standard InChI is InChI=1S/C14H15N3S/c1-16-13(11-5-3-2-4-6-11)9-12-10-18-14(17-12)7-8-15/h2-6,10,13,16H,7,9H2,1H3. The molecule has 1 atom stereocenters. The first-order valence-electron chi connectivity index (χ1n) is 5.86. The summed E-state index contributed by atoms with van der Waals surface area (Å²) in [4.78, 5) is 4.47. The number of hydrogen-bond donors (Lipinski definition) is 1. The number of benzene rings is 1. The topological polar surface area (TPSA) is 48.7 Å². The van der Waals surface area contributed by atoms with Gasteiger partial charge in [0.05, 0.1) is 18.2 Å². The molecular formula is C14H15N3S. The summed E-state index contributed by atoms with van der Waals surface area (Å²) in [5, 5.41) is 14.9. The minimum atomic E-state index is 0.267. The molecule has 0 bridgehead atoms. The third-order valence-electron chi connectivity index (χ3n) is 2.79. The first-order valence-corrected chi connectivity index (χ1v) is 6.74. The molecule has 18 heavy (non-hydrogen) atoms. The van der Waals surface area contributed by atoms with Crippen molar-refractivity contribution in [3.05, 3.63) is 52.0 Å². The second kappa shape index (κ2) is 6.29. The molecule has 0 aliphatic carbocycles. The van der Waals surface area contributed by atoms with Crippen LogP contribution in [0.25, 0.3) is 0 Å². The molecule has 0 fully saturated rings. The van der Waals surface area contributed by atoms with Crippen molar-refractivity contribution in [2.24, 2.45) is 0 Å². The first kappa shape index (κ1) is 12.7. The Morgan fingerprint density at radius 1 is 1.39 bits per heavy atom. The number of hydrogen-bond acceptors (Lipinski definition) is 4. The van der Waals surface area contributed by atoms with Crippen LogP contribution in [0.2, 0.25) is 0 Å². The second-order valence-corrected chi connectivity index (χ2v) is 4.97. The minimum absolute atomic E-state index is 0.267. The highest BCUT2D eigenvalue weighted by atomic mass is 32.1. The lowest BCUT2D eigenvalue weighted by atomic mass is 10.0. The van der Waals surface area contributed by atoms with Gasteiger partial charge in [-0.1, -0.05) is 30.3 Å². The predicted octanol–water partition coefficient (Wildman–Crippen LogP) is 2.71. The van der Waals surface area contributed by atoms with Crippen molar-refractivity contribution in [3.63, 3.8) is 0 Å². The van der Waals surface area contributed by atoms with Crippen molar-refractivity contribution in [3.8, 4) is 6.07 Å². The van der Waals surface area contributed by atoms with Crippen LogP contribution in [0.4, 0.5) is 0 Å². The van der Waals surface area contributed by atoms with Crippen LogP contribution in [0.15, 0.2) is 35.7 Å². The van der Waals surface area contributed by atoms with Crippen molar-refractivity contribution < 1.29 is 0 Å². The van der Waals surface area contributed by atoms with Gasteiger partial charge in [-0.05, 0) is 12.6 Å². The van der Waals surface area contributed by atoms with Crippen LogP contribution in [-0.4, -0.2) is 12.0 Å².